The van der Waals surface area contributed by atoms with Crippen LogP contribution in [0.1, 0.15) is 24.3 Å². The number of aromatic nitrogens is 2. The highest BCUT2D eigenvalue weighted by Gasteiger charge is 2.28. The number of nitrogens with zero attached hydrogens (tertiary/aromatic N) is 3. The molecule has 2 heterocycles. The van der Waals surface area contributed by atoms with Gasteiger partial charge in [0.1, 0.15) is 5.69 Å². The Bertz CT molecular complexity index is 369. The van der Waals surface area contributed by atoms with Crippen molar-refractivity contribution in [2.45, 2.75) is 26.0 Å². The van der Waals surface area contributed by atoms with E-state index in [1.807, 2.05) is 13.8 Å². The van der Waals surface area contributed by atoms with Gasteiger partial charge < -0.3 is 9.64 Å². The van der Waals surface area contributed by atoms with Crippen molar-refractivity contribution in [3.63, 3.8) is 0 Å². The van der Waals surface area contributed by atoms with Crippen LogP contribution in [0.3, 0.4) is 0 Å². The van der Waals surface area contributed by atoms with Crippen LogP contribution in [0.2, 0.25) is 0 Å². The van der Waals surface area contributed by atoms with Crippen molar-refractivity contribution in [3.8, 4) is 0 Å². The minimum Gasteiger partial charge on any atom is -0.375 e. The number of rotatable bonds is 1. The highest BCUT2D eigenvalue weighted by atomic mass is 16.5. The summed E-state index contributed by atoms with van der Waals surface area (Å²) in [7, 11) is 0. The fourth-order valence-corrected chi connectivity index (χ4v) is 1.74. The molecular weight excluding hydrogens is 206 g/mol. The molecule has 0 aromatic carbocycles. The second-order valence-electron chi connectivity index (χ2n) is 4.04. The number of carbonyl (C=O) groups excluding carboxylic acids is 1. The average Bonchev–Trinajstić information content (AvgIpc) is 2.32. The molecule has 0 radical (unpaired) electrons. The molecule has 0 spiro atoms. The summed E-state index contributed by atoms with van der Waals surface area (Å²) in [6.07, 6.45) is 4.66. The lowest BCUT2D eigenvalue weighted by Crippen LogP contribution is -2.50. The maximum atomic E-state index is 12.1. The summed E-state index contributed by atoms with van der Waals surface area (Å²) in [5.41, 5.74) is 0.392. The lowest BCUT2D eigenvalue weighted by Gasteiger charge is -2.36. The Hall–Kier alpha value is -1.49. The van der Waals surface area contributed by atoms with E-state index in [1.54, 1.807) is 11.1 Å². The zero-order valence-corrected chi connectivity index (χ0v) is 9.46. The fourth-order valence-electron chi connectivity index (χ4n) is 1.74. The van der Waals surface area contributed by atoms with E-state index in [1.165, 1.54) is 12.4 Å². The Morgan fingerprint density at radius 1 is 1.50 bits per heavy atom. The Morgan fingerprint density at radius 2 is 2.31 bits per heavy atom. The van der Waals surface area contributed by atoms with Gasteiger partial charge in [0.2, 0.25) is 0 Å². The van der Waals surface area contributed by atoms with Crippen LogP contribution < -0.4 is 0 Å². The third-order valence-corrected chi connectivity index (χ3v) is 2.65. The quantitative estimate of drug-likeness (QED) is 0.701. The molecule has 86 valence electrons. The van der Waals surface area contributed by atoms with Gasteiger partial charge in [-0.1, -0.05) is 0 Å². The number of hydrogen-bond acceptors (Lipinski definition) is 4. The number of hydrogen-bond donors (Lipinski definition) is 0. The van der Waals surface area contributed by atoms with Crippen molar-refractivity contribution in [1.29, 1.82) is 0 Å². The monoisotopic (exact) mass is 221 g/mol. The second-order valence-corrected chi connectivity index (χ2v) is 4.04. The molecule has 0 N–H and O–H groups in total. The van der Waals surface area contributed by atoms with Gasteiger partial charge in [0, 0.05) is 18.9 Å². The van der Waals surface area contributed by atoms with Gasteiger partial charge in [-0.2, -0.15) is 0 Å². The first kappa shape index (κ1) is 11.0. The minimum absolute atomic E-state index is 0.0734. The summed E-state index contributed by atoms with van der Waals surface area (Å²) in [4.78, 5) is 21.8. The van der Waals surface area contributed by atoms with Gasteiger partial charge in [-0.25, -0.2) is 4.98 Å². The lowest BCUT2D eigenvalue weighted by atomic mass is 10.2. The van der Waals surface area contributed by atoms with Crippen LogP contribution in [-0.2, 0) is 4.74 Å². The average molecular weight is 221 g/mol. The smallest absolute Gasteiger partial charge is 0.274 e. The zero-order chi connectivity index (χ0) is 11.5. The van der Waals surface area contributed by atoms with E-state index >= 15 is 0 Å². The van der Waals surface area contributed by atoms with Crippen molar-refractivity contribution >= 4 is 5.91 Å². The zero-order valence-electron chi connectivity index (χ0n) is 9.46. The fraction of sp³-hybridized carbons (Fsp3) is 0.545. The molecule has 1 aromatic rings. The highest BCUT2D eigenvalue weighted by molar-refractivity contribution is 5.92. The van der Waals surface area contributed by atoms with E-state index < -0.39 is 0 Å². The molecule has 0 saturated carbocycles. The van der Waals surface area contributed by atoms with Crippen molar-refractivity contribution in [2.75, 3.05) is 13.2 Å². The molecule has 0 unspecified atom stereocenters. The van der Waals surface area contributed by atoms with Crippen molar-refractivity contribution in [2.24, 2.45) is 0 Å². The molecule has 1 fully saturated rings. The molecule has 2 rings (SSSR count). The number of ether oxygens (including phenoxy) is 1. The molecule has 5 heteroatoms. The topological polar surface area (TPSA) is 55.3 Å². The van der Waals surface area contributed by atoms with Gasteiger partial charge in [-0.3, -0.25) is 9.78 Å². The first-order valence-electron chi connectivity index (χ1n) is 5.37. The van der Waals surface area contributed by atoms with E-state index in [0.29, 0.717) is 18.8 Å². The molecule has 5 nitrogen and oxygen atoms in total. The SMILES string of the molecule is C[C@@H]1CN(C(=O)c2cnccn2)[C@H](C)CO1. The standard InChI is InChI=1S/C11H15N3O2/c1-8-7-16-9(2)6-14(8)11(15)10-5-12-3-4-13-10/h3-5,8-9H,6-7H2,1-2H3/t8-,9-/m1/s1. The molecule has 0 aliphatic carbocycles. The number of amides is 1. The van der Waals surface area contributed by atoms with Gasteiger partial charge in [-0.05, 0) is 13.8 Å². The maximum absolute atomic E-state index is 12.1. The Labute approximate surface area is 94.5 Å². The predicted octanol–water partition coefficient (Wildman–Crippen LogP) is 0.726. The molecule has 16 heavy (non-hydrogen) atoms. The van der Waals surface area contributed by atoms with E-state index in [4.69, 9.17) is 4.74 Å². The van der Waals surface area contributed by atoms with Crippen LogP contribution in [0.25, 0.3) is 0 Å². The Balaban J connectivity index is 2.15. The van der Waals surface area contributed by atoms with Crippen LogP contribution >= 0.6 is 0 Å². The van der Waals surface area contributed by atoms with Gasteiger partial charge in [-0.15, -0.1) is 0 Å². The molecule has 0 bridgehead atoms. The highest BCUT2D eigenvalue weighted by Crippen LogP contribution is 2.13. The molecular formula is C11H15N3O2. The molecule has 1 aromatic heterocycles. The number of carbonyl (C=O) groups is 1. The summed E-state index contributed by atoms with van der Waals surface area (Å²) in [5.74, 6) is -0.0734. The van der Waals surface area contributed by atoms with Crippen LogP contribution in [0.5, 0.6) is 0 Å². The summed E-state index contributed by atoms with van der Waals surface area (Å²) < 4.78 is 5.48. The predicted molar refractivity (Wildman–Crippen MR) is 57.9 cm³/mol. The van der Waals surface area contributed by atoms with Crippen molar-refractivity contribution in [3.05, 3.63) is 24.3 Å². The third-order valence-electron chi connectivity index (χ3n) is 2.65. The second kappa shape index (κ2) is 4.57. The molecule has 2 atom stereocenters. The molecule has 1 aliphatic rings. The summed E-state index contributed by atoms with van der Waals surface area (Å²) in [5, 5.41) is 0. The van der Waals surface area contributed by atoms with Gasteiger partial charge in [0.15, 0.2) is 0 Å². The van der Waals surface area contributed by atoms with E-state index in [9.17, 15) is 4.79 Å². The van der Waals surface area contributed by atoms with Crippen LogP contribution in [0, 0.1) is 0 Å². The minimum atomic E-state index is -0.0734. The Kier molecular flexibility index (Phi) is 3.14. The van der Waals surface area contributed by atoms with E-state index in [-0.39, 0.29) is 18.1 Å². The van der Waals surface area contributed by atoms with Crippen molar-refractivity contribution in [1.82, 2.24) is 14.9 Å². The van der Waals surface area contributed by atoms with E-state index in [0.717, 1.165) is 0 Å². The molecule has 1 saturated heterocycles. The Morgan fingerprint density at radius 3 is 3.00 bits per heavy atom. The lowest BCUT2D eigenvalue weighted by molar-refractivity contribution is -0.0389. The summed E-state index contributed by atoms with van der Waals surface area (Å²) in [6, 6.07) is 0.0886. The largest absolute Gasteiger partial charge is 0.375 e. The summed E-state index contributed by atoms with van der Waals surface area (Å²) in [6.45, 7) is 5.12. The van der Waals surface area contributed by atoms with Crippen LogP contribution in [0.4, 0.5) is 0 Å². The van der Waals surface area contributed by atoms with Crippen molar-refractivity contribution < 1.29 is 9.53 Å². The van der Waals surface area contributed by atoms with E-state index in [2.05, 4.69) is 9.97 Å². The first-order chi connectivity index (χ1) is 7.68. The van der Waals surface area contributed by atoms with Gasteiger partial charge in [0.05, 0.1) is 24.9 Å². The maximum Gasteiger partial charge on any atom is 0.274 e. The normalized spacial score (nSPS) is 25.5. The summed E-state index contributed by atoms with van der Waals surface area (Å²) >= 11 is 0. The van der Waals surface area contributed by atoms with Gasteiger partial charge >= 0.3 is 0 Å². The third kappa shape index (κ3) is 2.19. The van der Waals surface area contributed by atoms with Gasteiger partial charge in [0.25, 0.3) is 5.91 Å². The van der Waals surface area contributed by atoms with Crippen LogP contribution in [0.15, 0.2) is 18.6 Å². The number of morpholine rings is 1. The first-order valence-corrected chi connectivity index (χ1v) is 5.37. The molecule has 1 aliphatic heterocycles. The van der Waals surface area contributed by atoms with Crippen LogP contribution in [-0.4, -0.2) is 46.1 Å². The molecule has 1 amide bonds.